The van der Waals surface area contributed by atoms with Crippen LogP contribution in [0.1, 0.15) is 36.4 Å². The van der Waals surface area contributed by atoms with Gasteiger partial charge in [-0.1, -0.05) is 0 Å². The number of pyridine rings is 1. The van der Waals surface area contributed by atoms with Crippen molar-refractivity contribution in [3.63, 3.8) is 0 Å². The van der Waals surface area contributed by atoms with E-state index in [0.717, 1.165) is 25.2 Å². The predicted octanol–water partition coefficient (Wildman–Crippen LogP) is 2.20. The zero-order chi connectivity index (χ0) is 14.0. The first-order valence-corrected chi connectivity index (χ1v) is 8.48. The molecule has 3 heterocycles. The zero-order valence-electron chi connectivity index (χ0n) is 12.0. The maximum absolute atomic E-state index is 6.12. The molecule has 20 heavy (non-hydrogen) atoms. The molecule has 3 atom stereocenters. The minimum absolute atomic E-state index is 0.101. The van der Waals surface area contributed by atoms with Gasteiger partial charge in [-0.05, 0) is 55.1 Å². The molecular weight excluding hydrogens is 270 g/mol. The molecule has 5 heteroatoms. The number of ether oxygens (including phenoxy) is 1. The lowest BCUT2D eigenvalue weighted by Gasteiger charge is -2.41. The Morgan fingerprint density at radius 2 is 2.50 bits per heavy atom. The van der Waals surface area contributed by atoms with E-state index in [2.05, 4.69) is 23.4 Å². The second kappa shape index (κ2) is 6.02. The SMILES string of the molecule is Cc1cnccc1C(NN)C1CCOC2(CCSC2)C1. The van der Waals surface area contributed by atoms with Crippen molar-refractivity contribution in [2.45, 2.75) is 37.8 Å². The maximum Gasteiger partial charge on any atom is 0.0783 e. The van der Waals surface area contributed by atoms with Crippen LogP contribution in [0.2, 0.25) is 0 Å². The molecule has 0 amide bonds. The zero-order valence-corrected chi connectivity index (χ0v) is 12.8. The van der Waals surface area contributed by atoms with Crippen LogP contribution >= 0.6 is 11.8 Å². The molecule has 1 aromatic rings. The number of hydrogen-bond acceptors (Lipinski definition) is 5. The van der Waals surface area contributed by atoms with Gasteiger partial charge in [0, 0.05) is 30.8 Å². The molecule has 1 spiro atoms. The number of rotatable bonds is 3. The number of nitrogens with two attached hydrogens (primary N) is 1. The molecule has 0 saturated carbocycles. The average molecular weight is 293 g/mol. The normalized spacial score (nSPS) is 31.6. The highest BCUT2D eigenvalue weighted by atomic mass is 32.2. The summed E-state index contributed by atoms with van der Waals surface area (Å²) in [5.41, 5.74) is 5.62. The lowest BCUT2D eigenvalue weighted by atomic mass is 9.79. The van der Waals surface area contributed by atoms with Gasteiger partial charge in [0.05, 0.1) is 5.60 Å². The van der Waals surface area contributed by atoms with E-state index in [1.807, 2.05) is 24.2 Å². The molecule has 2 saturated heterocycles. The fourth-order valence-electron chi connectivity index (χ4n) is 3.53. The van der Waals surface area contributed by atoms with Gasteiger partial charge in [0.2, 0.25) is 0 Å². The van der Waals surface area contributed by atoms with Gasteiger partial charge in [-0.3, -0.25) is 16.3 Å². The van der Waals surface area contributed by atoms with Crippen LogP contribution in [-0.2, 0) is 4.74 Å². The summed E-state index contributed by atoms with van der Waals surface area (Å²) in [5.74, 6) is 8.77. The molecule has 2 aliphatic heterocycles. The monoisotopic (exact) mass is 293 g/mol. The molecule has 1 aromatic heterocycles. The Morgan fingerprint density at radius 1 is 1.60 bits per heavy atom. The van der Waals surface area contributed by atoms with Crippen LogP contribution in [0.15, 0.2) is 18.5 Å². The number of hydrazine groups is 1. The highest BCUT2D eigenvalue weighted by molar-refractivity contribution is 7.99. The molecule has 3 N–H and O–H groups in total. The Morgan fingerprint density at radius 3 is 3.20 bits per heavy atom. The van der Waals surface area contributed by atoms with Gasteiger partial charge in [0.1, 0.15) is 0 Å². The third-order valence-electron chi connectivity index (χ3n) is 4.65. The Labute approximate surface area is 124 Å². The van der Waals surface area contributed by atoms with E-state index in [-0.39, 0.29) is 11.6 Å². The van der Waals surface area contributed by atoms with Gasteiger partial charge in [0.25, 0.3) is 0 Å². The van der Waals surface area contributed by atoms with Crippen molar-refractivity contribution in [1.82, 2.24) is 10.4 Å². The molecule has 0 aliphatic carbocycles. The molecule has 0 aromatic carbocycles. The van der Waals surface area contributed by atoms with Crippen LogP contribution in [-0.4, -0.2) is 28.7 Å². The van der Waals surface area contributed by atoms with E-state index in [0.29, 0.717) is 5.92 Å². The Hall–Kier alpha value is -0.620. The summed E-state index contributed by atoms with van der Waals surface area (Å²) in [5, 5.41) is 0. The average Bonchev–Trinajstić information content (AvgIpc) is 2.90. The number of aromatic nitrogens is 1. The topological polar surface area (TPSA) is 60.2 Å². The fraction of sp³-hybridized carbons (Fsp3) is 0.667. The minimum Gasteiger partial charge on any atom is -0.374 e. The van der Waals surface area contributed by atoms with Gasteiger partial charge in [-0.2, -0.15) is 11.8 Å². The number of thioether (sulfide) groups is 1. The van der Waals surface area contributed by atoms with Crippen molar-refractivity contribution in [1.29, 1.82) is 0 Å². The van der Waals surface area contributed by atoms with Gasteiger partial charge < -0.3 is 4.74 Å². The smallest absolute Gasteiger partial charge is 0.0783 e. The molecule has 110 valence electrons. The molecule has 4 nitrogen and oxygen atoms in total. The van der Waals surface area contributed by atoms with Crippen molar-refractivity contribution >= 4 is 11.8 Å². The molecule has 3 unspecified atom stereocenters. The second-order valence-corrected chi connectivity index (χ2v) is 7.07. The first-order chi connectivity index (χ1) is 9.74. The lowest BCUT2D eigenvalue weighted by Crippen LogP contribution is -2.45. The Balaban J connectivity index is 1.81. The first-order valence-electron chi connectivity index (χ1n) is 7.32. The summed E-state index contributed by atoms with van der Waals surface area (Å²) in [7, 11) is 0. The van der Waals surface area contributed by atoms with E-state index in [1.54, 1.807) is 0 Å². The van der Waals surface area contributed by atoms with Gasteiger partial charge >= 0.3 is 0 Å². The summed E-state index contributed by atoms with van der Waals surface area (Å²) in [6.07, 6.45) is 7.13. The van der Waals surface area contributed by atoms with Crippen molar-refractivity contribution in [3.8, 4) is 0 Å². The van der Waals surface area contributed by atoms with Crippen LogP contribution in [0.3, 0.4) is 0 Å². The summed E-state index contributed by atoms with van der Waals surface area (Å²) < 4.78 is 6.12. The maximum atomic E-state index is 6.12. The molecular formula is C15H23N3OS. The minimum atomic E-state index is 0.101. The van der Waals surface area contributed by atoms with E-state index in [4.69, 9.17) is 10.6 Å². The summed E-state index contributed by atoms with van der Waals surface area (Å²) in [6.45, 7) is 2.96. The standard InChI is InChI=1S/C15H23N3OS/c1-11-9-17-5-2-13(11)14(18-16)12-3-6-19-15(8-12)4-7-20-10-15/h2,5,9,12,14,18H,3-4,6-8,10,16H2,1H3. The summed E-state index contributed by atoms with van der Waals surface area (Å²) >= 11 is 2.01. The predicted molar refractivity (Wildman–Crippen MR) is 82.4 cm³/mol. The van der Waals surface area contributed by atoms with E-state index >= 15 is 0 Å². The van der Waals surface area contributed by atoms with Crippen LogP contribution in [0.5, 0.6) is 0 Å². The third-order valence-corrected chi connectivity index (χ3v) is 5.87. The van der Waals surface area contributed by atoms with E-state index in [9.17, 15) is 0 Å². The van der Waals surface area contributed by atoms with Crippen molar-refractivity contribution < 1.29 is 4.74 Å². The van der Waals surface area contributed by atoms with Crippen molar-refractivity contribution in [2.75, 3.05) is 18.1 Å². The van der Waals surface area contributed by atoms with Crippen LogP contribution in [0.4, 0.5) is 0 Å². The third kappa shape index (κ3) is 2.72. The van der Waals surface area contributed by atoms with Gasteiger partial charge in [-0.15, -0.1) is 0 Å². The molecule has 3 rings (SSSR count). The number of hydrogen-bond donors (Lipinski definition) is 2. The largest absolute Gasteiger partial charge is 0.374 e. The number of nitrogens with zero attached hydrogens (tertiary/aromatic N) is 1. The lowest BCUT2D eigenvalue weighted by molar-refractivity contribution is -0.0854. The van der Waals surface area contributed by atoms with Crippen LogP contribution in [0, 0.1) is 12.8 Å². The molecule has 0 radical (unpaired) electrons. The summed E-state index contributed by atoms with van der Waals surface area (Å²) in [6, 6.07) is 2.29. The highest BCUT2D eigenvalue weighted by Gasteiger charge is 2.42. The van der Waals surface area contributed by atoms with E-state index < -0.39 is 0 Å². The first kappa shape index (κ1) is 14.3. The number of nitrogens with one attached hydrogen (secondary N) is 1. The number of aryl methyl sites for hydroxylation is 1. The van der Waals surface area contributed by atoms with Crippen LogP contribution < -0.4 is 11.3 Å². The van der Waals surface area contributed by atoms with Crippen LogP contribution in [0.25, 0.3) is 0 Å². The molecule has 2 aliphatic rings. The highest BCUT2D eigenvalue weighted by Crippen LogP contribution is 2.44. The molecule has 2 fully saturated rings. The van der Waals surface area contributed by atoms with Gasteiger partial charge in [-0.25, -0.2) is 0 Å². The van der Waals surface area contributed by atoms with Gasteiger partial charge in [0.15, 0.2) is 0 Å². The fourth-order valence-corrected chi connectivity index (χ4v) is 4.90. The summed E-state index contributed by atoms with van der Waals surface area (Å²) in [4.78, 5) is 4.18. The van der Waals surface area contributed by atoms with E-state index in [1.165, 1.54) is 23.3 Å². The Kier molecular flexibility index (Phi) is 4.31. The second-order valence-electron chi connectivity index (χ2n) is 5.96. The molecule has 0 bridgehead atoms. The quantitative estimate of drug-likeness (QED) is 0.661. The van der Waals surface area contributed by atoms with Crippen molar-refractivity contribution in [2.24, 2.45) is 11.8 Å². The Bertz CT molecular complexity index is 462. The van der Waals surface area contributed by atoms with Crippen molar-refractivity contribution in [3.05, 3.63) is 29.6 Å².